The Balaban J connectivity index is 1.63. The van der Waals surface area contributed by atoms with E-state index in [1.54, 1.807) is 0 Å². The van der Waals surface area contributed by atoms with Gasteiger partial charge >= 0.3 is 6.09 Å². The summed E-state index contributed by atoms with van der Waals surface area (Å²) in [6, 6.07) is 0.581. The predicted molar refractivity (Wildman–Crippen MR) is 80.7 cm³/mol. The molecule has 0 aromatic carbocycles. The first-order chi connectivity index (χ1) is 9.69. The van der Waals surface area contributed by atoms with Gasteiger partial charge in [0.2, 0.25) is 0 Å². The van der Waals surface area contributed by atoms with Crippen LogP contribution in [0.4, 0.5) is 4.79 Å². The zero-order valence-electron chi connectivity index (χ0n) is 13.1. The summed E-state index contributed by atoms with van der Waals surface area (Å²) in [7, 11) is 0. The van der Waals surface area contributed by atoms with Gasteiger partial charge in [0.05, 0.1) is 6.61 Å². The van der Waals surface area contributed by atoms with Crippen molar-refractivity contribution in [2.45, 2.75) is 58.4 Å². The monoisotopic (exact) mass is 282 g/mol. The van der Waals surface area contributed by atoms with E-state index in [0.717, 1.165) is 44.3 Å². The van der Waals surface area contributed by atoms with Gasteiger partial charge < -0.3 is 15.0 Å². The topological polar surface area (TPSA) is 41.6 Å². The Morgan fingerprint density at radius 2 is 2.00 bits per heavy atom. The molecule has 2 fully saturated rings. The van der Waals surface area contributed by atoms with Gasteiger partial charge in [0.1, 0.15) is 0 Å². The van der Waals surface area contributed by atoms with Gasteiger partial charge in [-0.15, -0.1) is 0 Å². The molecule has 1 amide bonds. The molecule has 4 nitrogen and oxygen atoms in total. The molecule has 0 spiro atoms. The zero-order valence-corrected chi connectivity index (χ0v) is 13.1. The van der Waals surface area contributed by atoms with Crippen LogP contribution in [0.2, 0.25) is 0 Å². The van der Waals surface area contributed by atoms with Crippen LogP contribution < -0.4 is 5.32 Å². The van der Waals surface area contributed by atoms with Crippen LogP contribution in [0.1, 0.15) is 52.4 Å². The molecule has 2 unspecified atom stereocenters. The van der Waals surface area contributed by atoms with Gasteiger partial charge in [-0.1, -0.05) is 19.8 Å². The number of hydrogen-bond donors (Lipinski definition) is 1. The van der Waals surface area contributed by atoms with Crippen LogP contribution in [-0.2, 0) is 4.74 Å². The molecule has 2 aliphatic rings. The molecule has 1 saturated heterocycles. The van der Waals surface area contributed by atoms with E-state index >= 15 is 0 Å². The van der Waals surface area contributed by atoms with E-state index in [1.165, 1.54) is 25.7 Å². The highest BCUT2D eigenvalue weighted by atomic mass is 16.6. The van der Waals surface area contributed by atoms with Crippen molar-refractivity contribution in [1.82, 2.24) is 10.2 Å². The fourth-order valence-electron chi connectivity index (χ4n) is 3.56. The molecule has 0 radical (unpaired) electrons. The van der Waals surface area contributed by atoms with Crippen LogP contribution >= 0.6 is 0 Å². The Kier molecular flexibility index (Phi) is 6.14. The van der Waals surface area contributed by atoms with Crippen molar-refractivity contribution < 1.29 is 9.53 Å². The molecule has 1 aliphatic carbocycles. The predicted octanol–water partition coefficient (Wildman–Crippen LogP) is 3.02. The average Bonchev–Trinajstić information content (AvgIpc) is 2.46. The fourth-order valence-corrected chi connectivity index (χ4v) is 3.56. The number of ether oxygens (including phenoxy) is 1. The Morgan fingerprint density at radius 3 is 2.65 bits per heavy atom. The maximum atomic E-state index is 11.6. The Bertz CT molecular complexity index is 301. The average molecular weight is 282 g/mol. The second kappa shape index (κ2) is 7.87. The fraction of sp³-hybridized carbons (Fsp3) is 0.938. The van der Waals surface area contributed by atoms with Crippen molar-refractivity contribution in [2.75, 3.05) is 26.2 Å². The Labute approximate surface area is 123 Å². The molecule has 2 atom stereocenters. The van der Waals surface area contributed by atoms with Gasteiger partial charge in [0.15, 0.2) is 0 Å². The smallest absolute Gasteiger partial charge is 0.409 e. The lowest BCUT2D eigenvalue weighted by Gasteiger charge is -2.33. The minimum atomic E-state index is -0.146. The van der Waals surface area contributed by atoms with Gasteiger partial charge in [0.25, 0.3) is 0 Å². The van der Waals surface area contributed by atoms with E-state index in [2.05, 4.69) is 12.2 Å². The first-order valence-electron chi connectivity index (χ1n) is 8.34. The molecule has 1 N–H and O–H groups in total. The minimum Gasteiger partial charge on any atom is -0.450 e. The van der Waals surface area contributed by atoms with Crippen LogP contribution in [0.15, 0.2) is 0 Å². The van der Waals surface area contributed by atoms with E-state index in [0.29, 0.717) is 12.6 Å². The maximum Gasteiger partial charge on any atom is 0.409 e. The number of nitrogens with zero attached hydrogens (tertiary/aromatic N) is 1. The highest BCUT2D eigenvalue weighted by Gasteiger charge is 2.25. The number of carbonyl (C=O) groups is 1. The summed E-state index contributed by atoms with van der Waals surface area (Å²) in [5.41, 5.74) is 0. The van der Waals surface area contributed by atoms with Gasteiger partial charge in [-0.25, -0.2) is 4.79 Å². The second-order valence-electron chi connectivity index (χ2n) is 6.51. The normalized spacial score (nSPS) is 28.4. The molecular formula is C16H30N2O2. The Hall–Kier alpha value is -0.770. The standard InChI is InChI=1S/C16H30N2O2/c1-3-20-16(19)18-9-7-15(8-10-18)17-12-14-6-4-5-13(2)11-14/h13-15,17H,3-12H2,1-2H3. The number of amides is 1. The number of nitrogens with one attached hydrogen (secondary N) is 1. The maximum absolute atomic E-state index is 11.6. The van der Waals surface area contributed by atoms with Crippen molar-refractivity contribution in [3.63, 3.8) is 0 Å². The van der Waals surface area contributed by atoms with Crippen molar-refractivity contribution in [1.29, 1.82) is 0 Å². The summed E-state index contributed by atoms with van der Waals surface area (Å²) in [4.78, 5) is 13.5. The molecule has 2 rings (SSSR count). The molecule has 0 aromatic heterocycles. The quantitative estimate of drug-likeness (QED) is 0.862. The summed E-state index contributed by atoms with van der Waals surface area (Å²) < 4.78 is 5.05. The van der Waals surface area contributed by atoms with Crippen LogP contribution in [0.3, 0.4) is 0 Å². The van der Waals surface area contributed by atoms with Gasteiger partial charge in [-0.3, -0.25) is 0 Å². The van der Waals surface area contributed by atoms with E-state index in [4.69, 9.17) is 4.74 Å². The molecule has 20 heavy (non-hydrogen) atoms. The number of likely N-dealkylation sites (tertiary alicyclic amines) is 1. The largest absolute Gasteiger partial charge is 0.450 e. The third-order valence-electron chi connectivity index (χ3n) is 4.76. The summed E-state index contributed by atoms with van der Waals surface area (Å²) in [6.45, 7) is 7.53. The van der Waals surface area contributed by atoms with Gasteiger partial charge in [-0.05, 0) is 51.0 Å². The summed E-state index contributed by atoms with van der Waals surface area (Å²) in [6.07, 6.45) is 7.55. The van der Waals surface area contributed by atoms with Crippen molar-refractivity contribution >= 4 is 6.09 Å². The lowest BCUT2D eigenvalue weighted by molar-refractivity contribution is 0.0944. The summed E-state index contributed by atoms with van der Waals surface area (Å²) in [5.74, 6) is 1.77. The van der Waals surface area contributed by atoms with Gasteiger partial charge in [0, 0.05) is 19.1 Å². The van der Waals surface area contributed by atoms with Crippen LogP contribution in [-0.4, -0.2) is 43.3 Å². The van der Waals surface area contributed by atoms with Crippen LogP contribution in [0.25, 0.3) is 0 Å². The van der Waals surface area contributed by atoms with Crippen LogP contribution in [0, 0.1) is 11.8 Å². The first-order valence-corrected chi connectivity index (χ1v) is 8.34. The zero-order chi connectivity index (χ0) is 14.4. The molecule has 1 aliphatic heterocycles. The molecule has 1 saturated carbocycles. The van der Waals surface area contributed by atoms with Crippen molar-refractivity contribution in [3.8, 4) is 0 Å². The lowest BCUT2D eigenvalue weighted by atomic mass is 9.82. The van der Waals surface area contributed by atoms with Crippen molar-refractivity contribution in [2.24, 2.45) is 11.8 Å². The van der Waals surface area contributed by atoms with E-state index in [-0.39, 0.29) is 6.09 Å². The molecule has 0 bridgehead atoms. The minimum absolute atomic E-state index is 0.146. The molecule has 1 heterocycles. The third kappa shape index (κ3) is 4.65. The van der Waals surface area contributed by atoms with E-state index in [9.17, 15) is 4.79 Å². The van der Waals surface area contributed by atoms with E-state index < -0.39 is 0 Å². The van der Waals surface area contributed by atoms with Crippen molar-refractivity contribution in [3.05, 3.63) is 0 Å². The summed E-state index contributed by atoms with van der Waals surface area (Å²) >= 11 is 0. The Morgan fingerprint density at radius 1 is 1.25 bits per heavy atom. The van der Waals surface area contributed by atoms with Gasteiger partial charge in [-0.2, -0.15) is 0 Å². The highest BCUT2D eigenvalue weighted by Crippen LogP contribution is 2.28. The molecule has 0 aromatic rings. The third-order valence-corrected chi connectivity index (χ3v) is 4.76. The molecule has 4 heteroatoms. The lowest BCUT2D eigenvalue weighted by Crippen LogP contribution is -2.46. The SMILES string of the molecule is CCOC(=O)N1CCC(NCC2CCCC(C)C2)CC1. The number of piperidine rings is 1. The molecule has 116 valence electrons. The van der Waals surface area contributed by atoms with E-state index in [1.807, 2.05) is 11.8 Å². The number of hydrogen-bond acceptors (Lipinski definition) is 3. The second-order valence-corrected chi connectivity index (χ2v) is 6.51. The summed E-state index contributed by atoms with van der Waals surface area (Å²) in [5, 5.41) is 3.72. The number of carbonyl (C=O) groups excluding carboxylic acids is 1. The highest BCUT2D eigenvalue weighted by molar-refractivity contribution is 5.67. The van der Waals surface area contributed by atoms with Crippen LogP contribution in [0.5, 0.6) is 0 Å². The number of rotatable bonds is 4. The first kappa shape index (κ1) is 15.6. The molecular weight excluding hydrogens is 252 g/mol.